The molecule has 1 atom stereocenters. The van der Waals surface area contributed by atoms with Crippen LogP contribution < -0.4 is 15.8 Å². The minimum absolute atomic E-state index is 0.000652. The molecule has 1 aromatic heterocycles. The highest BCUT2D eigenvalue weighted by atomic mass is 16.4. The molecule has 0 saturated carbocycles. The van der Waals surface area contributed by atoms with Crippen molar-refractivity contribution >= 4 is 16.9 Å². The Morgan fingerprint density at radius 1 is 1.25 bits per heavy atom. The van der Waals surface area contributed by atoms with Crippen molar-refractivity contribution in [2.75, 3.05) is 13.6 Å². The van der Waals surface area contributed by atoms with Gasteiger partial charge >= 0.3 is 5.63 Å². The van der Waals surface area contributed by atoms with Crippen LogP contribution in [0.15, 0.2) is 27.4 Å². The number of aryl methyl sites for hydroxylation is 2. The normalized spacial score (nSPS) is 13.1. The molecule has 2 N–H and O–H groups in total. The summed E-state index contributed by atoms with van der Waals surface area (Å²) in [5.74, 6) is -0.000652. The first kappa shape index (κ1) is 18.2. The summed E-state index contributed by atoms with van der Waals surface area (Å²) in [6.45, 7) is 10.8. The quantitative estimate of drug-likeness (QED) is 0.831. The molecule has 0 radical (unpaired) electrons. The van der Waals surface area contributed by atoms with Gasteiger partial charge in [0.2, 0.25) is 0 Å². The Morgan fingerprint density at radius 2 is 1.92 bits per heavy atom. The number of nitrogens with one attached hydrogen (secondary N) is 2. The van der Waals surface area contributed by atoms with E-state index >= 15 is 0 Å². The molecule has 0 aliphatic carbocycles. The van der Waals surface area contributed by atoms with Crippen molar-refractivity contribution in [3.63, 3.8) is 0 Å². The van der Waals surface area contributed by atoms with Gasteiger partial charge in [0.25, 0.3) is 5.91 Å². The molecule has 0 saturated heterocycles. The summed E-state index contributed by atoms with van der Waals surface area (Å²) < 4.78 is 5.40. The van der Waals surface area contributed by atoms with Crippen LogP contribution in [0.3, 0.4) is 0 Å². The SMILES string of the molecule is Cc1ccc2c(C[NH+](C)CC(=O)NC(C)(C)C)cc(=O)oc2c1C. The van der Waals surface area contributed by atoms with Gasteiger partial charge in [-0.05, 0) is 45.7 Å². The average Bonchev–Trinajstić information content (AvgIpc) is 2.40. The third-order valence-electron chi connectivity index (χ3n) is 3.99. The van der Waals surface area contributed by atoms with Crippen LogP contribution in [0.4, 0.5) is 0 Å². The molecule has 5 heteroatoms. The minimum atomic E-state index is -0.349. The van der Waals surface area contributed by atoms with E-state index in [1.165, 1.54) is 6.07 Å². The molecule has 2 aromatic rings. The van der Waals surface area contributed by atoms with Gasteiger partial charge in [-0.25, -0.2) is 4.79 Å². The first-order valence-electron chi connectivity index (χ1n) is 8.22. The van der Waals surface area contributed by atoms with E-state index in [0.717, 1.165) is 27.0 Å². The molecule has 0 bridgehead atoms. The number of amides is 1. The lowest BCUT2D eigenvalue weighted by atomic mass is 10.0. The molecule has 5 nitrogen and oxygen atoms in total. The highest BCUT2D eigenvalue weighted by molar-refractivity contribution is 5.83. The fourth-order valence-electron chi connectivity index (χ4n) is 2.79. The second-order valence-electron chi connectivity index (χ2n) is 7.58. The van der Waals surface area contributed by atoms with Crippen LogP contribution in [0.1, 0.15) is 37.5 Å². The molecule has 0 spiro atoms. The zero-order valence-electron chi connectivity index (χ0n) is 15.4. The van der Waals surface area contributed by atoms with E-state index in [4.69, 9.17) is 4.42 Å². The number of quaternary nitrogens is 1. The van der Waals surface area contributed by atoms with Crippen LogP contribution in [-0.4, -0.2) is 25.0 Å². The number of hydrogen-bond acceptors (Lipinski definition) is 3. The zero-order chi connectivity index (χ0) is 18.1. The molecule has 24 heavy (non-hydrogen) atoms. The molecule has 1 heterocycles. The summed E-state index contributed by atoms with van der Waals surface area (Å²) in [7, 11) is 1.95. The zero-order valence-corrected chi connectivity index (χ0v) is 15.4. The Hall–Kier alpha value is -2.14. The van der Waals surface area contributed by atoms with Crippen LogP contribution in [-0.2, 0) is 11.3 Å². The number of carbonyl (C=O) groups excluding carboxylic acids is 1. The smallest absolute Gasteiger partial charge is 0.336 e. The van der Waals surface area contributed by atoms with Crippen LogP contribution in [0.25, 0.3) is 11.0 Å². The maximum absolute atomic E-state index is 12.1. The lowest BCUT2D eigenvalue weighted by Gasteiger charge is -2.22. The highest BCUT2D eigenvalue weighted by Crippen LogP contribution is 2.22. The number of benzene rings is 1. The van der Waals surface area contributed by atoms with Gasteiger partial charge in [-0.2, -0.15) is 0 Å². The largest absolute Gasteiger partial charge is 0.422 e. The molecule has 0 aliphatic rings. The van der Waals surface area contributed by atoms with Crippen LogP contribution >= 0.6 is 0 Å². The number of carbonyl (C=O) groups is 1. The van der Waals surface area contributed by atoms with Crippen molar-refractivity contribution in [3.05, 3.63) is 45.3 Å². The minimum Gasteiger partial charge on any atom is -0.422 e. The van der Waals surface area contributed by atoms with Gasteiger partial charge in [0.05, 0.1) is 7.05 Å². The van der Waals surface area contributed by atoms with Gasteiger partial charge in [-0.1, -0.05) is 12.1 Å². The number of rotatable bonds is 4. The van der Waals surface area contributed by atoms with Crippen molar-refractivity contribution in [1.29, 1.82) is 0 Å². The number of likely N-dealkylation sites (N-methyl/N-ethyl adjacent to an activating group) is 1. The monoisotopic (exact) mass is 331 g/mol. The van der Waals surface area contributed by atoms with Crippen molar-refractivity contribution in [2.45, 2.75) is 46.7 Å². The maximum atomic E-state index is 12.1. The summed E-state index contributed by atoms with van der Waals surface area (Å²) >= 11 is 0. The fraction of sp³-hybridized carbons (Fsp3) is 0.474. The van der Waals surface area contributed by atoms with E-state index in [0.29, 0.717) is 18.7 Å². The summed E-state index contributed by atoms with van der Waals surface area (Å²) in [5.41, 5.74) is 3.03. The van der Waals surface area contributed by atoms with Gasteiger partial charge in [0, 0.05) is 22.6 Å². The first-order chi connectivity index (χ1) is 11.1. The molecular weight excluding hydrogens is 304 g/mol. The van der Waals surface area contributed by atoms with Crippen molar-refractivity contribution in [2.24, 2.45) is 0 Å². The van der Waals surface area contributed by atoms with Gasteiger partial charge in [-0.15, -0.1) is 0 Å². The van der Waals surface area contributed by atoms with Gasteiger partial charge in [-0.3, -0.25) is 4.79 Å². The van der Waals surface area contributed by atoms with Crippen molar-refractivity contribution in [3.8, 4) is 0 Å². The van der Waals surface area contributed by atoms with Crippen LogP contribution in [0.5, 0.6) is 0 Å². The fourth-order valence-corrected chi connectivity index (χ4v) is 2.79. The van der Waals surface area contributed by atoms with Crippen molar-refractivity contribution in [1.82, 2.24) is 5.32 Å². The lowest BCUT2D eigenvalue weighted by molar-refractivity contribution is -0.885. The Morgan fingerprint density at radius 3 is 2.54 bits per heavy atom. The Balaban J connectivity index is 2.25. The van der Waals surface area contributed by atoms with E-state index in [1.54, 1.807) is 0 Å². The number of fused-ring (bicyclic) bond motifs is 1. The highest BCUT2D eigenvalue weighted by Gasteiger charge is 2.18. The molecular formula is C19H27N2O3+. The van der Waals surface area contributed by atoms with Gasteiger partial charge in [0.15, 0.2) is 6.54 Å². The van der Waals surface area contributed by atoms with Crippen molar-refractivity contribution < 1.29 is 14.1 Å². The Bertz CT molecular complexity index is 816. The second kappa shape index (κ2) is 6.77. The van der Waals surface area contributed by atoms with E-state index in [1.807, 2.05) is 53.8 Å². The van der Waals surface area contributed by atoms with Crippen LogP contribution in [0, 0.1) is 13.8 Å². The Labute approximate surface area is 142 Å². The molecule has 2 rings (SSSR count). The van der Waals surface area contributed by atoms with Gasteiger partial charge in [0.1, 0.15) is 12.1 Å². The molecule has 1 unspecified atom stereocenters. The lowest BCUT2D eigenvalue weighted by Crippen LogP contribution is -3.09. The predicted molar refractivity (Wildman–Crippen MR) is 95.3 cm³/mol. The molecule has 0 aliphatic heterocycles. The second-order valence-corrected chi connectivity index (χ2v) is 7.58. The van der Waals surface area contributed by atoms with E-state index < -0.39 is 0 Å². The van der Waals surface area contributed by atoms with E-state index in [2.05, 4.69) is 5.32 Å². The average molecular weight is 331 g/mol. The maximum Gasteiger partial charge on any atom is 0.336 e. The van der Waals surface area contributed by atoms with E-state index in [-0.39, 0.29) is 17.1 Å². The topological polar surface area (TPSA) is 63.8 Å². The molecule has 1 aromatic carbocycles. The molecule has 0 fully saturated rings. The van der Waals surface area contributed by atoms with Gasteiger partial charge < -0.3 is 14.6 Å². The Kier molecular flexibility index (Phi) is 5.13. The number of hydrogen-bond donors (Lipinski definition) is 2. The third-order valence-corrected chi connectivity index (χ3v) is 3.99. The third kappa shape index (κ3) is 4.45. The summed E-state index contributed by atoms with van der Waals surface area (Å²) in [4.78, 5) is 25.0. The first-order valence-corrected chi connectivity index (χ1v) is 8.22. The summed E-state index contributed by atoms with van der Waals surface area (Å²) in [6.07, 6.45) is 0. The van der Waals surface area contributed by atoms with Crippen LogP contribution in [0.2, 0.25) is 0 Å². The summed E-state index contributed by atoms with van der Waals surface area (Å²) in [5, 5.41) is 3.90. The standard InChI is InChI=1S/C19H26N2O3/c1-12-7-8-15-14(9-17(23)24-18(15)13(12)2)10-21(6)11-16(22)20-19(3,4)5/h7-9H,10-11H2,1-6H3,(H,20,22)/p+1. The molecule has 1 amide bonds. The summed E-state index contributed by atoms with van der Waals surface area (Å²) in [6, 6.07) is 5.55. The predicted octanol–water partition coefficient (Wildman–Crippen LogP) is 1.34. The molecule has 130 valence electrons. The van der Waals surface area contributed by atoms with E-state index in [9.17, 15) is 9.59 Å².